The van der Waals surface area contributed by atoms with Gasteiger partial charge in [0.2, 0.25) is 0 Å². The summed E-state index contributed by atoms with van der Waals surface area (Å²) in [5, 5.41) is 22.1. The lowest BCUT2D eigenvalue weighted by Crippen LogP contribution is -2.76. The second kappa shape index (κ2) is 5.02. The molecule has 6 rings (SSSR count). The maximum absolute atomic E-state index is 12.9. The molecule has 3 fully saturated rings. The van der Waals surface area contributed by atoms with E-state index in [2.05, 4.69) is 0 Å². The van der Waals surface area contributed by atoms with E-state index >= 15 is 0 Å². The van der Waals surface area contributed by atoms with E-state index in [0.29, 0.717) is 6.42 Å². The number of aliphatic hydroxyl groups is 2. The van der Waals surface area contributed by atoms with Gasteiger partial charge >= 0.3 is 11.9 Å². The first-order valence-electron chi connectivity index (χ1n) is 9.25. The van der Waals surface area contributed by atoms with Gasteiger partial charge in [0.05, 0.1) is 24.5 Å². The van der Waals surface area contributed by atoms with Crippen LogP contribution in [-0.2, 0) is 19.1 Å². The Labute approximate surface area is 155 Å². The molecular formula is C20H22O7. The summed E-state index contributed by atoms with van der Waals surface area (Å²) in [6, 6.07) is 1.76. The molecule has 7 heteroatoms. The maximum atomic E-state index is 12.9. The molecule has 8 atom stereocenters. The summed E-state index contributed by atoms with van der Waals surface area (Å²) in [6.45, 7) is 3.71. The fraction of sp³-hybridized carbons (Fsp3) is 0.600. The van der Waals surface area contributed by atoms with Crippen molar-refractivity contribution in [2.24, 2.45) is 22.7 Å². The van der Waals surface area contributed by atoms with Crippen LogP contribution in [0, 0.1) is 22.7 Å². The number of aliphatic hydroxyl groups excluding tert-OH is 1. The summed E-state index contributed by atoms with van der Waals surface area (Å²) in [5.74, 6) is -2.07. The average molecular weight is 374 g/mol. The van der Waals surface area contributed by atoms with Crippen molar-refractivity contribution in [2.45, 2.75) is 50.6 Å². The van der Waals surface area contributed by atoms with Crippen molar-refractivity contribution in [3.8, 4) is 0 Å². The summed E-state index contributed by atoms with van der Waals surface area (Å²) < 4.78 is 16.3. The van der Waals surface area contributed by atoms with Gasteiger partial charge in [0.15, 0.2) is 5.60 Å². The predicted molar refractivity (Wildman–Crippen MR) is 89.9 cm³/mol. The van der Waals surface area contributed by atoms with Crippen molar-refractivity contribution in [3.63, 3.8) is 0 Å². The van der Waals surface area contributed by atoms with Crippen LogP contribution in [-0.4, -0.2) is 40.0 Å². The third kappa shape index (κ3) is 1.84. The molecular weight excluding hydrogens is 352 g/mol. The van der Waals surface area contributed by atoms with Crippen LogP contribution in [0.1, 0.15) is 38.4 Å². The highest BCUT2D eigenvalue weighted by molar-refractivity contribution is 5.86. The number of esters is 2. The Morgan fingerprint density at radius 3 is 2.67 bits per heavy atom. The first-order chi connectivity index (χ1) is 12.7. The van der Waals surface area contributed by atoms with E-state index in [1.54, 1.807) is 25.3 Å². The molecule has 0 radical (unpaired) electrons. The minimum absolute atomic E-state index is 0.136. The highest BCUT2D eigenvalue weighted by atomic mass is 16.6. The zero-order chi connectivity index (χ0) is 19.2. The number of carbonyl (C=O) groups is 2. The van der Waals surface area contributed by atoms with Crippen LogP contribution in [0.15, 0.2) is 35.2 Å². The van der Waals surface area contributed by atoms with Gasteiger partial charge < -0.3 is 24.1 Å². The largest absolute Gasteiger partial charge is 0.472 e. The van der Waals surface area contributed by atoms with E-state index in [1.165, 1.54) is 12.3 Å². The molecule has 2 saturated heterocycles. The van der Waals surface area contributed by atoms with Gasteiger partial charge in [-0.15, -0.1) is 0 Å². The number of carbonyl (C=O) groups excluding carboxylic acids is 2. The predicted octanol–water partition coefficient (Wildman–Crippen LogP) is 1.50. The van der Waals surface area contributed by atoms with Crippen molar-refractivity contribution in [3.05, 3.63) is 36.3 Å². The smallest absolute Gasteiger partial charge is 0.343 e. The molecule has 2 bridgehead atoms. The number of furan rings is 1. The molecule has 1 aromatic heterocycles. The monoisotopic (exact) mass is 374 g/mol. The summed E-state index contributed by atoms with van der Waals surface area (Å²) in [5.41, 5.74) is -2.92. The Balaban J connectivity index is 1.64. The topological polar surface area (TPSA) is 106 Å². The Morgan fingerprint density at radius 1 is 1.22 bits per heavy atom. The zero-order valence-electron chi connectivity index (χ0n) is 15.1. The number of rotatable bonds is 1. The van der Waals surface area contributed by atoms with E-state index < -0.39 is 52.5 Å². The molecule has 4 heterocycles. The van der Waals surface area contributed by atoms with Crippen molar-refractivity contribution < 1.29 is 33.7 Å². The van der Waals surface area contributed by atoms with Crippen molar-refractivity contribution in [1.29, 1.82) is 0 Å². The van der Waals surface area contributed by atoms with Gasteiger partial charge in [-0.3, -0.25) is 4.79 Å². The Bertz CT molecular complexity index is 845. The first kappa shape index (κ1) is 17.0. The number of hydrogen-bond donors (Lipinski definition) is 2. The Hall–Kier alpha value is -2.12. The molecule has 7 nitrogen and oxygen atoms in total. The van der Waals surface area contributed by atoms with Gasteiger partial charge in [-0.05, 0) is 36.5 Å². The number of ether oxygens (including phenoxy) is 2. The van der Waals surface area contributed by atoms with Gasteiger partial charge in [-0.2, -0.15) is 0 Å². The van der Waals surface area contributed by atoms with Crippen LogP contribution in [0.3, 0.4) is 0 Å². The zero-order valence-corrected chi connectivity index (χ0v) is 15.1. The molecule has 0 unspecified atom stereocenters. The standard InChI is InChI=1S/C20H22O7/c1-18-8-13(10-4-6-25-9-10)26-16(22)11(18)7-14(21)19(2)15(18)12-3-5-20(19,24)17(23)27-12/h3-6,9,11-15,21,24H,7-8H2,1-2H3/t11-,12+,13-,14-,15-,18+,19+,20+/m0/s1. The summed E-state index contributed by atoms with van der Waals surface area (Å²) in [4.78, 5) is 25.3. The Kier molecular flexibility index (Phi) is 3.17. The van der Waals surface area contributed by atoms with E-state index in [-0.39, 0.29) is 12.4 Å². The molecule has 144 valence electrons. The average Bonchev–Trinajstić information content (AvgIpc) is 3.14. The lowest BCUT2D eigenvalue weighted by atomic mass is 9.41. The second-order valence-electron chi connectivity index (χ2n) is 8.75. The minimum Gasteiger partial charge on any atom is -0.472 e. The van der Waals surface area contributed by atoms with Gasteiger partial charge in [-0.1, -0.05) is 13.8 Å². The van der Waals surface area contributed by atoms with Crippen molar-refractivity contribution in [2.75, 3.05) is 0 Å². The fourth-order valence-corrected chi connectivity index (χ4v) is 6.13. The highest BCUT2D eigenvalue weighted by Gasteiger charge is 2.75. The number of hydrogen-bond acceptors (Lipinski definition) is 7. The molecule has 0 spiro atoms. The van der Waals surface area contributed by atoms with Crippen LogP contribution in [0.4, 0.5) is 0 Å². The third-order valence-corrected chi connectivity index (χ3v) is 7.62. The molecule has 2 N–H and O–H groups in total. The van der Waals surface area contributed by atoms with Gasteiger partial charge in [0.1, 0.15) is 12.2 Å². The van der Waals surface area contributed by atoms with Gasteiger partial charge in [0.25, 0.3) is 0 Å². The lowest BCUT2D eigenvalue weighted by Gasteiger charge is -2.67. The van der Waals surface area contributed by atoms with E-state index in [4.69, 9.17) is 13.9 Å². The molecule has 5 aliphatic rings. The quantitative estimate of drug-likeness (QED) is 0.567. The van der Waals surface area contributed by atoms with Crippen LogP contribution >= 0.6 is 0 Å². The van der Waals surface area contributed by atoms with Crippen LogP contribution < -0.4 is 0 Å². The SMILES string of the molecule is C[C@@]12C[C@@H](c3ccoc3)OC(=O)[C@@H]1C[C@H](O)[C@]1(C)[C@H]2[C@H]2C=C[C@@]1(O)C(=O)O2. The highest BCUT2D eigenvalue weighted by Crippen LogP contribution is 2.67. The minimum atomic E-state index is -1.91. The summed E-state index contributed by atoms with van der Waals surface area (Å²) in [6.07, 6.45) is 4.72. The molecule has 0 aromatic carbocycles. The molecule has 1 saturated carbocycles. The Morgan fingerprint density at radius 2 is 2.00 bits per heavy atom. The lowest BCUT2D eigenvalue weighted by molar-refractivity contribution is -0.284. The first-order valence-corrected chi connectivity index (χ1v) is 9.25. The van der Waals surface area contributed by atoms with Gasteiger partial charge in [0, 0.05) is 16.9 Å². The normalized spacial score (nSPS) is 50.6. The number of fused-ring (bicyclic) bond motifs is 2. The van der Waals surface area contributed by atoms with Crippen LogP contribution in [0.2, 0.25) is 0 Å². The molecule has 2 aliphatic carbocycles. The van der Waals surface area contributed by atoms with Gasteiger partial charge in [-0.25, -0.2) is 4.79 Å². The molecule has 1 aromatic rings. The molecule has 27 heavy (non-hydrogen) atoms. The summed E-state index contributed by atoms with van der Waals surface area (Å²) >= 11 is 0. The van der Waals surface area contributed by atoms with Crippen LogP contribution in [0.5, 0.6) is 0 Å². The summed E-state index contributed by atoms with van der Waals surface area (Å²) in [7, 11) is 0. The van der Waals surface area contributed by atoms with Crippen molar-refractivity contribution >= 4 is 11.9 Å². The van der Waals surface area contributed by atoms with E-state index in [1.807, 2.05) is 6.92 Å². The number of cyclic esters (lactones) is 1. The third-order valence-electron chi connectivity index (χ3n) is 7.62. The van der Waals surface area contributed by atoms with E-state index in [0.717, 1.165) is 5.56 Å². The molecule has 3 aliphatic heterocycles. The van der Waals surface area contributed by atoms with Crippen molar-refractivity contribution in [1.82, 2.24) is 0 Å². The fourth-order valence-electron chi connectivity index (χ4n) is 6.13. The second-order valence-corrected chi connectivity index (χ2v) is 8.75. The van der Waals surface area contributed by atoms with Crippen LogP contribution in [0.25, 0.3) is 0 Å². The maximum Gasteiger partial charge on any atom is 0.343 e. The molecule has 0 amide bonds. The van der Waals surface area contributed by atoms with E-state index in [9.17, 15) is 19.8 Å².